The molecular weight excluding hydrogens is 472 g/mol. The Morgan fingerprint density at radius 2 is 1.67 bits per heavy atom. The van der Waals surface area contributed by atoms with Crippen LogP contribution in [-0.4, -0.2) is 27.8 Å². The SMILES string of the molecule is CCn1c2ccc(C(=O)/C(CC3CCCC3)=N\OC(C)=O)cc2c2cc(C(=O)c3cccs3)ccc21. The van der Waals surface area contributed by atoms with Gasteiger partial charge in [0.2, 0.25) is 11.6 Å². The quantitative estimate of drug-likeness (QED) is 0.115. The van der Waals surface area contributed by atoms with Crippen molar-refractivity contribution in [3.8, 4) is 0 Å². The predicted molar refractivity (Wildman–Crippen MR) is 143 cm³/mol. The van der Waals surface area contributed by atoms with E-state index in [-0.39, 0.29) is 17.3 Å². The average molecular weight is 501 g/mol. The predicted octanol–water partition coefficient (Wildman–Crippen LogP) is 6.79. The molecule has 0 unspecified atom stereocenters. The zero-order valence-electron chi connectivity index (χ0n) is 20.5. The van der Waals surface area contributed by atoms with Crippen LogP contribution in [0.2, 0.25) is 0 Å². The van der Waals surface area contributed by atoms with E-state index in [1.165, 1.54) is 18.3 Å². The number of hydrogen-bond acceptors (Lipinski definition) is 6. The summed E-state index contributed by atoms with van der Waals surface area (Å²) in [5.41, 5.74) is 3.41. The molecule has 7 heteroatoms. The van der Waals surface area contributed by atoms with Crippen LogP contribution in [0.5, 0.6) is 0 Å². The summed E-state index contributed by atoms with van der Waals surface area (Å²) in [6.07, 6.45) is 4.90. The van der Waals surface area contributed by atoms with E-state index in [4.69, 9.17) is 4.84 Å². The van der Waals surface area contributed by atoms with E-state index < -0.39 is 5.97 Å². The first-order valence-corrected chi connectivity index (χ1v) is 13.3. The highest BCUT2D eigenvalue weighted by Crippen LogP contribution is 2.33. The van der Waals surface area contributed by atoms with Crippen LogP contribution in [-0.2, 0) is 16.2 Å². The number of Topliss-reactive ketones (excluding diaryl/α,β-unsaturated/α-hetero) is 1. The van der Waals surface area contributed by atoms with Crippen molar-refractivity contribution in [1.29, 1.82) is 0 Å². The van der Waals surface area contributed by atoms with Gasteiger partial charge in [-0.05, 0) is 67.1 Å². The third-order valence-electron chi connectivity index (χ3n) is 6.95. The van der Waals surface area contributed by atoms with Gasteiger partial charge in [-0.25, -0.2) is 4.79 Å². The number of carbonyl (C=O) groups excluding carboxylic acids is 3. The van der Waals surface area contributed by atoms with Crippen LogP contribution in [0, 0.1) is 5.92 Å². The van der Waals surface area contributed by atoms with E-state index in [9.17, 15) is 14.4 Å². The Morgan fingerprint density at radius 1 is 1.00 bits per heavy atom. The van der Waals surface area contributed by atoms with Crippen molar-refractivity contribution in [2.24, 2.45) is 11.1 Å². The summed E-state index contributed by atoms with van der Waals surface area (Å²) in [6.45, 7) is 4.11. The molecule has 0 saturated heterocycles. The highest BCUT2D eigenvalue weighted by atomic mass is 32.1. The van der Waals surface area contributed by atoms with Crippen molar-refractivity contribution >= 4 is 56.4 Å². The maximum atomic E-state index is 13.6. The van der Waals surface area contributed by atoms with Gasteiger partial charge in [0.05, 0.1) is 4.88 Å². The third kappa shape index (κ3) is 4.63. The van der Waals surface area contributed by atoms with Crippen molar-refractivity contribution in [2.75, 3.05) is 0 Å². The number of hydrogen-bond donors (Lipinski definition) is 0. The molecule has 1 fully saturated rings. The molecule has 36 heavy (non-hydrogen) atoms. The average Bonchev–Trinajstić information content (AvgIpc) is 3.65. The van der Waals surface area contributed by atoms with Crippen LogP contribution in [0.25, 0.3) is 21.8 Å². The molecule has 0 atom stereocenters. The Kier molecular flexibility index (Phi) is 6.83. The van der Waals surface area contributed by atoms with Gasteiger partial charge in [0.15, 0.2) is 0 Å². The van der Waals surface area contributed by atoms with Crippen molar-refractivity contribution in [3.63, 3.8) is 0 Å². The van der Waals surface area contributed by atoms with Crippen LogP contribution in [0.4, 0.5) is 0 Å². The summed E-state index contributed by atoms with van der Waals surface area (Å²) in [5, 5.41) is 7.69. The van der Waals surface area contributed by atoms with Gasteiger partial charge >= 0.3 is 5.97 Å². The standard InChI is InChI=1S/C29H28N2O4S/c1-3-31-25-12-10-20(28(33)24(30-35-18(2)32)15-19-7-4-5-8-19)16-22(25)23-17-21(11-13-26(23)31)29(34)27-9-6-14-36-27/h6,9-14,16-17,19H,3-5,7-8,15H2,1-2H3/b30-24-. The molecule has 6 nitrogen and oxygen atoms in total. The van der Waals surface area contributed by atoms with E-state index in [0.717, 1.165) is 54.0 Å². The normalized spacial score (nSPS) is 14.6. The van der Waals surface area contributed by atoms with E-state index in [2.05, 4.69) is 16.6 Å². The Morgan fingerprint density at radius 3 is 2.28 bits per heavy atom. The molecule has 1 aliphatic carbocycles. The van der Waals surface area contributed by atoms with E-state index >= 15 is 0 Å². The Labute approximate surface area is 213 Å². The van der Waals surface area contributed by atoms with Gasteiger partial charge in [-0.15, -0.1) is 11.3 Å². The van der Waals surface area contributed by atoms with Crippen molar-refractivity contribution in [3.05, 3.63) is 69.9 Å². The molecular formula is C29H28N2O4S. The number of ketones is 2. The Hall–Kier alpha value is -3.58. The topological polar surface area (TPSA) is 77.7 Å². The summed E-state index contributed by atoms with van der Waals surface area (Å²) in [4.78, 5) is 43.6. The smallest absolute Gasteiger partial charge is 0.331 e. The van der Waals surface area contributed by atoms with Gasteiger partial charge in [0.1, 0.15) is 5.71 Å². The van der Waals surface area contributed by atoms with Crippen molar-refractivity contribution in [2.45, 2.75) is 52.5 Å². The van der Waals surface area contributed by atoms with Crippen molar-refractivity contribution in [1.82, 2.24) is 4.57 Å². The minimum absolute atomic E-state index is 0.0103. The lowest BCUT2D eigenvalue weighted by molar-refractivity contribution is -0.140. The summed E-state index contributed by atoms with van der Waals surface area (Å²) < 4.78 is 2.19. The van der Waals surface area contributed by atoms with Crippen LogP contribution >= 0.6 is 11.3 Å². The van der Waals surface area contributed by atoms with Crippen LogP contribution in [0.15, 0.2) is 59.1 Å². The molecule has 4 aromatic rings. The number of carbonyl (C=O) groups is 3. The third-order valence-corrected chi connectivity index (χ3v) is 7.82. The second-order valence-corrected chi connectivity index (χ2v) is 10.3. The fourth-order valence-corrected chi connectivity index (χ4v) is 5.91. The molecule has 0 bridgehead atoms. The zero-order valence-corrected chi connectivity index (χ0v) is 21.3. The van der Waals surface area contributed by atoms with Gasteiger partial charge in [-0.3, -0.25) is 9.59 Å². The fourth-order valence-electron chi connectivity index (χ4n) is 5.22. The molecule has 5 rings (SSSR count). The number of benzene rings is 2. The number of oxime groups is 1. The van der Waals surface area contributed by atoms with E-state index in [1.54, 1.807) is 0 Å². The van der Waals surface area contributed by atoms with Gasteiger partial charge in [-0.2, -0.15) is 0 Å². The Bertz CT molecular complexity index is 1490. The lowest BCUT2D eigenvalue weighted by Gasteiger charge is -2.11. The minimum Gasteiger partial charge on any atom is -0.341 e. The molecule has 2 aromatic heterocycles. The number of nitrogens with zero attached hydrogens (tertiary/aromatic N) is 2. The zero-order chi connectivity index (χ0) is 25.2. The lowest BCUT2D eigenvalue weighted by Crippen LogP contribution is -2.19. The molecule has 2 aromatic carbocycles. The summed E-state index contributed by atoms with van der Waals surface area (Å²) in [5.74, 6) is -0.409. The molecule has 0 N–H and O–H groups in total. The van der Waals surface area contributed by atoms with Crippen molar-refractivity contribution < 1.29 is 19.2 Å². The highest BCUT2D eigenvalue weighted by Gasteiger charge is 2.24. The summed E-state index contributed by atoms with van der Waals surface area (Å²) >= 11 is 1.43. The van der Waals surface area contributed by atoms with Gasteiger partial charge in [-0.1, -0.05) is 36.9 Å². The second-order valence-electron chi connectivity index (χ2n) is 9.32. The molecule has 0 amide bonds. The number of aromatic nitrogens is 1. The number of thiophene rings is 1. The molecule has 2 heterocycles. The van der Waals surface area contributed by atoms with Gasteiger partial charge in [0.25, 0.3) is 0 Å². The number of fused-ring (bicyclic) bond motifs is 3. The number of rotatable bonds is 8. The largest absolute Gasteiger partial charge is 0.341 e. The van der Waals surface area contributed by atoms with Crippen LogP contribution in [0.1, 0.15) is 71.5 Å². The number of aryl methyl sites for hydroxylation is 1. The first kappa shape index (κ1) is 24.1. The minimum atomic E-state index is -0.545. The lowest BCUT2D eigenvalue weighted by atomic mass is 9.95. The summed E-state index contributed by atoms with van der Waals surface area (Å²) in [6, 6.07) is 15.1. The monoisotopic (exact) mass is 500 g/mol. The first-order chi connectivity index (χ1) is 17.5. The van der Waals surface area contributed by atoms with Gasteiger partial charge in [0, 0.05) is 46.4 Å². The molecule has 0 aliphatic heterocycles. The van der Waals surface area contributed by atoms with E-state index in [0.29, 0.717) is 28.3 Å². The maximum absolute atomic E-state index is 13.6. The highest BCUT2D eigenvalue weighted by molar-refractivity contribution is 7.12. The molecule has 1 aliphatic rings. The molecule has 0 spiro atoms. The molecule has 184 valence electrons. The molecule has 1 saturated carbocycles. The van der Waals surface area contributed by atoms with E-state index in [1.807, 2.05) is 53.9 Å². The Balaban J connectivity index is 1.58. The molecule has 0 radical (unpaired) electrons. The second kappa shape index (κ2) is 10.2. The maximum Gasteiger partial charge on any atom is 0.331 e. The van der Waals surface area contributed by atoms with Gasteiger partial charge < -0.3 is 9.40 Å². The first-order valence-electron chi connectivity index (χ1n) is 12.4. The van der Waals surface area contributed by atoms with Crippen LogP contribution in [0.3, 0.4) is 0 Å². The fraction of sp³-hybridized carbons (Fsp3) is 0.310. The summed E-state index contributed by atoms with van der Waals surface area (Å²) in [7, 11) is 0. The van der Waals surface area contributed by atoms with Crippen LogP contribution < -0.4 is 0 Å².